The lowest BCUT2D eigenvalue weighted by atomic mass is 9.97. The Balaban J connectivity index is 1.33. The van der Waals surface area contributed by atoms with Gasteiger partial charge in [-0.05, 0) is 49.2 Å². The standard InChI is InChI=1S/C21H17F2N3O4/c22-15-5-3-13(8-16(15)23)21(27)26-7-1-2-14(10-26)20-25-24-19(30-20)12-4-6-17-18(9-12)29-11-28-17/h3-6,8-9,14H,1-2,7,10-11H2. The first kappa shape index (κ1) is 18.5. The molecule has 0 bridgehead atoms. The molecule has 0 aliphatic carbocycles. The summed E-state index contributed by atoms with van der Waals surface area (Å²) in [4.78, 5) is 14.3. The third-order valence-corrected chi connectivity index (χ3v) is 5.28. The molecule has 30 heavy (non-hydrogen) atoms. The fourth-order valence-corrected chi connectivity index (χ4v) is 3.72. The predicted octanol–water partition coefficient (Wildman–Crippen LogP) is 3.76. The number of nitrogens with zero attached hydrogens (tertiary/aromatic N) is 3. The Hall–Kier alpha value is -3.49. The fourth-order valence-electron chi connectivity index (χ4n) is 3.72. The van der Waals surface area contributed by atoms with Crippen LogP contribution in [0.1, 0.15) is 35.0 Å². The third-order valence-electron chi connectivity index (χ3n) is 5.28. The summed E-state index contributed by atoms with van der Waals surface area (Å²) in [6.07, 6.45) is 1.52. The van der Waals surface area contributed by atoms with Gasteiger partial charge in [-0.1, -0.05) is 0 Å². The van der Waals surface area contributed by atoms with Crippen LogP contribution in [-0.4, -0.2) is 40.9 Å². The molecule has 3 aromatic rings. The largest absolute Gasteiger partial charge is 0.454 e. The minimum atomic E-state index is -1.04. The number of hydrogen-bond acceptors (Lipinski definition) is 6. The van der Waals surface area contributed by atoms with Gasteiger partial charge < -0.3 is 18.8 Å². The number of benzene rings is 2. The molecule has 0 radical (unpaired) electrons. The Morgan fingerprint density at radius 3 is 2.77 bits per heavy atom. The van der Waals surface area contributed by atoms with Gasteiger partial charge in [0.05, 0.1) is 5.92 Å². The average molecular weight is 413 g/mol. The number of likely N-dealkylation sites (tertiary alicyclic amines) is 1. The van der Waals surface area contributed by atoms with Gasteiger partial charge in [-0.15, -0.1) is 10.2 Å². The molecule has 2 aromatic carbocycles. The van der Waals surface area contributed by atoms with E-state index in [-0.39, 0.29) is 24.2 Å². The molecule has 154 valence electrons. The summed E-state index contributed by atoms with van der Waals surface area (Å²) in [5, 5.41) is 8.29. The molecule has 5 rings (SSSR count). The van der Waals surface area contributed by atoms with Gasteiger partial charge in [0.2, 0.25) is 18.6 Å². The van der Waals surface area contributed by atoms with Crippen molar-refractivity contribution in [3.8, 4) is 23.0 Å². The van der Waals surface area contributed by atoms with E-state index < -0.39 is 11.6 Å². The van der Waals surface area contributed by atoms with Crippen LogP contribution in [-0.2, 0) is 0 Å². The van der Waals surface area contributed by atoms with E-state index in [1.807, 2.05) is 6.07 Å². The van der Waals surface area contributed by atoms with Crippen molar-refractivity contribution in [2.75, 3.05) is 19.9 Å². The molecular weight excluding hydrogens is 396 g/mol. The maximum Gasteiger partial charge on any atom is 0.253 e. The highest BCUT2D eigenvalue weighted by Crippen LogP contribution is 2.36. The van der Waals surface area contributed by atoms with Crippen molar-refractivity contribution >= 4 is 5.91 Å². The second kappa shape index (κ2) is 7.40. The number of aromatic nitrogens is 2. The van der Waals surface area contributed by atoms with E-state index in [0.717, 1.165) is 25.0 Å². The number of fused-ring (bicyclic) bond motifs is 1. The summed E-state index contributed by atoms with van der Waals surface area (Å²) in [6.45, 7) is 1.07. The van der Waals surface area contributed by atoms with Gasteiger partial charge in [0, 0.05) is 24.2 Å². The van der Waals surface area contributed by atoms with E-state index in [0.29, 0.717) is 41.9 Å². The predicted molar refractivity (Wildman–Crippen MR) is 100 cm³/mol. The van der Waals surface area contributed by atoms with E-state index in [1.165, 1.54) is 6.07 Å². The van der Waals surface area contributed by atoms with Crippen LogP contribution in [0.4, 0.5) is 8.78 Å². The number of amides is 1. The molecule has 1 atom stereocenters. The maximum absolute atomic E-state index is 13.5. The van der Waals surface area contributed by atoms with Gasteiger partial charge in [0.1, 0.15) is 0 Å². The number of halogens is 2. The molecule has 0 N–H and O–H groups in total. The number of ether oxygens (including phenoxy) is 2. The number of carbonyl (C=O) groups is 1. The van der Waals surface area contributed by atoms with Gasteiger partial charge in [-0.25, -0.2) is 8.78 Å². The molecule has 3 heterocycles. The number of hydrogen-bond donors (Lipinski definition) is 0. The van der Waals surface area contributed by atoms with Crippen molar-refractivity contribution in [2.24, 2.45) is 0 Å². The molecule has 7 nitrogen and oxygen atoms in total. The molecule has 2 aliphatic rings. The second-order valence-electron chi connectivity index (χ2n) is 7.23. The minimum absolute atomic E-state index is 0.112. The number of piperidine rings is 1. The lowest BCUT2D eigenvalue weighted by molar-refractivity contribution is 0.0698. The average Bonchev–Trinajstić information content (AvgIpc) is 3.44. The van der Waals surface area contributed by atoms with Crippen LogP contribution in [0.5, 0.6) is 11.5 Å². The lowest BCUT2D eigenvalue weighted by Gasteiger charge is -2.31. The maximum atomic E-state index is 13.5. The number of rotatable bonds is 3. The van der Waals surface area contributed by atoms with Crippen molar-refractivity contribution in [3.05, 3.63) is 59.5 Å². The van der Waals surface area contributed by atoms with Crippen molar-refractivity contribution in [3.63, 3.8) is 0 Å². The first-order valence-electron chi connectivity index (χ1n) is 9.56. The SMILES string of the molecule is O=C(c1ccc(F)c(F)c1)N1CCCC(c2nnc(-c3ccc4c(c3)OCO4)o2)C1. The summed E-state index contributed by atoms with van der Waals surface area (Å²) >= 11 is 0. The van der Waals surface area contributed by atoms with E-state index in [1.54, 1.807) is 17.0 Å². The smallest absolute Gasteiger partial charge is 0.253 e. The van der Waals surface area contributed by atoms with Crippen LogP contribution in [0.3, 0.4) is 0 Å². The van der Waals surface area contributed by atoms with Crippen LogP contribution < -0.4 is 9.47 Å². The van der Waals surface area contributed by atoms with Crippen LogP contribution in [0, 0.1) is 11.6 Å². The van der Waals surface area contributed by atoms with Crippen molar-refractivity contribution in [1.29, 1.82) is 0 Å². The zero-order valence-electron chi connectivity index (χ0n) is 15.8. The molecular formula is C21H17F2N3O4. The molecule has 1 saturated heterocycles. The molecule has 9 heteroatoms. The quantitative estimate of drug-likeness (QED) is 0.651. The first-order chi connectivity index (χ1) is 14.6. The van der Waals surface area contributed by atoms with Crippen LogP contribution >= 0.6 is 0 Å². The van der Waals surface area contributed by atoms with Crippen LogP contribution in [0.25, 0.3) is 11.5 Å². The topological polar surface area (TPSA) is 77.7 Å². The third kappa shape index (κ3) is 3.36. The van der Waals surface area contributed by atoms with Crippen molar-refractivity contribution in [1.82, 2.24) is 15.1 Å². The molecule has 1 amide bonds. The fraction of sp³-hybridized carbons (Fsp3) is 0.286. The van der Waals surface area contributed by atoms with E-state index in [4.69, 9.17) is 13.9 Å². The summed E-state index contributed by atoms with van der Waals surface area (Å²) in [5.74, 6) is -0.440. The van der Waals surface area contributed by atoms with E-state index >= 15 is 0 Å². The highest BCUT2D eigenvalue weighted by Gasteiger charge is 2.29. The van der Waals surface area contributed by atoms with Gasteiger partial charge >= 0.3 is 0 Å². The van der Waals surface area contributed by atoms with E-state index in [2.05, 4.69) is 10.2 Å². The minimum Gasteiger partial charge on any atom is -0.454 e. The zero-order valence-corrected chi connectivity index (χ0v) is 15.8. The Morgan fingerprint density at radius 2 is 1.90 bits per heavy atom. The molecule has 1 fully saturated rings. The Labute approximate surface area is 170 Å². The molecule has 1 unspecified atom stereocenters. The molecule has 0 spiro atoms. The van der Waals surface area contributed by atoms with Gasteiger partial charge in [-0.2, -0.15) is 0 Å². The van der Waals surface area contributed by atoms with Crippen molar-refractivity contribution < 1.29 is 27.5 Å². The second-order valence-corrected chi connectivity index (χ2v) is 7.23. The normalized spacial score (nSPS) is 17.9. The van der Waals surface area contributed by atoms with Crippen molar-refractivity contribution in [2.45, 2.75) is 18.8 Å². The van der Waals surface area contributed by atoms with Crippen LogP contribution in [0.15, 0.2) is 40.8 Å². The first-order valence-corrected chi connectivity index (χ1v) is 9.56. The monoisotopic (exact) mass is 413 g/mol. The Bertz CT molecular complexity index is 1120. The lowest BCUT2D eigenvalue weighted by Crippen LogP contribution is -2.39. The summed E-state index contributed by atoms with van der Waals surface area (Å²) in [6, 6.07) is 8.54. The van der Waals surface area contributed by atoms with Gasteiger partial charge in [0.25, 0.3) is 5.91 Å². The zero-order chi connectivity index (χ0) is 20.7. The Morgan fingerprint density at radius 1 is 1.03 bits per heavy atom. The molecule has 1 aromatic heterocycles. The summed E-state index contributed by atoms with van der Waals surface area (Å²) < 4.78 is 43.2. The highest BCUT2D eigenvalue weighted by atomic mass is 19.2. The van der Waals surface area contributed by atoms with Crippen LogP contribution in [0.2, 0.25) is 0 Å². The van der Waals surface area contributed by atoms with Gasteiger partial charge in [-0.3, -0.25) is 4.79 Å². The Kier molecular flexibility index (Phi) is 4.57. The summed E-state index contributed by atoms with van der Waals surface area (Å²) in [5.41, 5.74) is 0.824. The highest BCUT2D eigenvalue weighted by molar-refractivity contribution is 5.94. The number of carbonyl (C=O) groups excluding carboxylic acids is 1. The van der Waals surface area contributed by atoms with E-state index in [9.17, 15) is 13.6 Å². The molecule has 0 saturated carbocycles. The van der Waals surface area contributed by atoms with Gasteiger partial charge in [0.15, 0.2) is 23.1 Å². The summed E-state index contributed by atoms with van der Waals surface area (Å²) in [7, 11) is 0. The molecule has 2 aliphatic heterocycles.